The molecule has 2 heterocycles. The number of nitrogens with zero attached hydrogens (tertiary/aromatic N) is 3. The highest BCUT2D eigenvalue weighted by molar-refractivity contribution is 8.00. The lowest BCUT2D eigenvalue weighted by molar-refractivity contribution is -0.132. The van der Waals surface area contributed by atoms with Crippen molar-refractivity contribution in [3.63, 3.8) is 0 Å². The first-order valence-electron chi connectivity index (χ1n) is 12.8. The number of ether oxygens (including phenoxy) is 2. The monoisotopic (exact) mass is 641 g/mol. The molecule has 0 radical (unpaired) electrons. The van der Waals surface area contributed by atoms with Gasteiger partial charge in [-0.3, -0.25) is 14.5 Å². The largest absolute Gasteiger partial charge is 0.507 e. The number of rotatable bonds is 9. The molecule has 4 aromatic rings. The van der Waals surface area contributed by atoms with E-state index in [0.29, 0.717) is 49.4 Å². The van der Waals surface area contributed by atoms with Gasteiger partial charge in [0.15, 0.2) is 15.8 Å². The smallest absolute Gasteiger partial charge is 0.301 e. The Morgan fingerprint density at radius 2 is 1.81 bits per heavy atom. The molecule has 1 aliphatic rings. The van der Waals surface area contributed by atoms with Crippen LogP contribution in [0.2, 0.25) is 10.0 Å². The number of anilines is 1. The normalized spacial score (nSPS) is 16.2. The molecule has 42 heavy (non-hydrogen) atoms. The summed E-state index contributed by atoms with van der Waals surface area (Å²) >= 11 is 14.9. The molecule has 5 rings (SSSR count). The number of aromatic nitrogens is 2. The number of Topliss-reactive ketones (excluding diaryl/α,β-unsaturated/α-hetero) is 1. The summed E-state index contributed by atoms with van der Waals surface area (Å²) in [4.78, 5) is 28.3. The van der Waals surface area contributed by atoms with E-state index in [0.717, 1.165) is 22.5 Å². The maximum atomic E-state index is 13.6. The van der Waals surface area contributed by atoms with Gasteiger partial charge in [0, 0.05) is 21.4 Å². The number of thioether (sulfide) groups is 1. The van der Waals surface area contributed by atoms with Crippen molar-refractivity contribution in [1.82, 2.24) is 10.2 Å². The summed E-state index contributed by atoms with van der Waals surface area (Å²) < 4.78 is 11.8. The third-order valence-corrected chi connectivity index (χ3v) is 9.23. The van der Waals surface area contributed by atoms with Crippen molar-refractivity contribution in [2.75, 3.05) is 18.6 Å². The van der Waals surface area contributed by atoms with E-state index in [1.165, 1.54) is 23.8 Å². The maximum Gasteiger partial charge on any atom is 0.301 e. The minimum atomic E-state index is -0.993. The zero-order valence-corrected chi connectivity index (χ0v) is 25.9. The van der Waals surface area contributed by atoms with E-state index in [-0.39, 0.29) is 16.5 Å². The van der Waals surface area contributed by atoms with E-state index in [4.69, 9.17) is 32.7 Å². The molecular weight excluding hydrogens is 617 g/mol. The highest BCUT2D eigenvalue weighted by Gasteiger charge is 2.48. The van der Waals surface area contributed by atoms with Crippen molar-refractivity contribution < 1.29 is 24.2 Å². The molecule has 1 N–H and O–H groups in total. The number of carbonyl (C=O) groups excluding carboxylic acids is 2. The molecule has 1 aliphatic heterocycles. The zero-order chi connectivity index (χ0) is 30.0. The predicted molar refractivity (Wildman–Crippen MR) is 166 cm³/mol. The SMILES string of the molecule is CCOc1ccc(C2/C(=C(/O)c3ccc(C)cc3)C(=O)C(=O)N2c2nnc(SCc3ccc(Cl)cc3Cl)s2)cc1OC. The number of carbonyl (C=O) groups is 2. The van der Waals surface area contributed by atoms with Crippen molar-refractivity contribution >= 4 is 68.9 Å². The lowest BCUT2D eigenvalue weighted by Crippen LogP contribution is -2.29. The van der Waals surface area contributed by atoms with Gasteiger partial charge in [0.2, 0.25) is 5.13 Å². The Morgan fingerprint density at radius 3 is 2.50 bits per heavy atom. The van der Waals surface area contributed by atoms with Gasteiger partial charge >= 0.3 is 5.91 Å². The van der Waals surface area contributed by atoms with Crippen molar-refractivity contribution in [3.05, 3.63) is 98.5 Å². The highest BCUT2D eigenvalue weighted by atomic mass is 35.5. The van der Waals surface area contributed by atoms with Crippen LogP contribution in [0.15, 0.2) is 70.6 Å². The van der Waals surface area contributed by atoms with Crippen LogP contribution in [0.25, 0.3) is 5.76 Å². The summed E-state index contributed by atoms with van der Waals surface area (Å²) in [5.74, 6) is -0.516. The average molecular weight is 643 g/mol. The number of amides is 1. The standard InChI is InChI=1S/C30H25Cl2N3O5S2/c1-4-40-22-12-10-18(13-23(22)39-3)25-24(26(36)17-7-5-16(2)6-8-17)27(37)28(38)35(25)29-33-34-30(42-29)41-15-19-9-11-20(31)14-21(19)32/h5-14,25,36H,4,15H2,1-3H3/b26-24-. The molecule has 0 spiro atoms. The van der Waals surface area contributed by atoms with Crippen molar-refractivity contribution in [3.8, 4) is 11.5 Å². The number of hydrogen-bond acceptors (Lipinski definition) is 9. The van der Waals surface area contributed by atoms with Crippen LogP contribution < -0.4 is 14.4 Å². The lowest BCUT2D eigenvalue weighted by atomic mass is 9.95. The minimum absolute atomic E-state index is 0.0626. The van der Waals surface area contributed by atoms with E-state index in [1.54, 1.807) is 42.5 Å². The van der Waals surface area contributed by atoms with Gasteiger partial charge in [0.05, 0.1) is 25.3 Å². The summed E-state index contributed by atoms with van der Waals surface area (Å²) in [7, 11) is 1.51. The molecule has 216 valence electrons. The van der Waals surface area contributed by atoms with Crippen LogP contribution >= 0.6 is 46.3 Å². The molecule has 0 aliphatic carbocycles. The second kappa shape index (κ2) is 12.7. The number of aliphatic hydroxyl groups is 1. The first-order valence-corrected chi connectivity index (χ1v) is 15.4. The third kappa shape index (κ3) is 5.98. The van der Waals surface area contributed by atoms with Crippen molar-refractivity contribution in [2.24, 2.45) is 0 Å². The Balaban J connectivity index is 1.57. The maximum absolute atomic E-state index is 13.6. The molecule has 0 bridgehead atoms. The number of aryl methyl sites for hydroxylation is 1. The molecule has 1 fully saturated rings. The molecule has 1 atom stereocenters. The Bertz CT molecular complexity index is 1690. The summed E-state index contributed by atoms with van der Waals surface area (Å²) in [5, 5.41) is 21.2. The van der Waals surface area contributed by atoms with Gasteiger partial charge in [-0.15, -0.1) is 10.2 Å². The molecule has 0 saturated carbocycles. The topological polar surface area (TPSA) is 102 Å². The van der Waals surface area contributed by atoms with Crippen LogP contribution in [0.1, 0.15) is 35.2 Å². The predicted octanol–water partition coefficient (Wildman–Crippen LogP) is 7.48. The number of benzene rings is 3. The van der Waals surface area contributed by atoms with Crippen LogP contribution in [0.3, 0.4) is 0 Å². The van der Waals surface area contributed by atoms with Crippen molar-refractivity contribution in [2.45, 2.75) is 30.0 Å². The van der Waals surface area contributed by atoms with Gasteiger partial charge in [0.1, 0.15) is 5.76 Å². The van der Waals surface area contributed by atoms with E-state index in [2.05, 4.69) is 10.2 Å². The van der Waals surface area contributed by atoms with Gasteiger partial charge < -0.3 is 14.6 Å². The Labute approximate surface area is 260 Å². The summed E-state index contributed by atoms with van der Waals surface area (Å²) in [5.41, 5.74) is 2.73. The molecular formula is C30H25Cl2N3O5S2. The number of halogens is 2. The van der Waals surface area contributed by atoms with Crippen LogP contribution in [-0.2, 0) is 15.3 Å². The number of methoxy groups -OCH3 is 1. The number of aliphatic hydroxyl groups excluding tert-OH is 1. The van der Waals surface area contributed by atoms with E-state index < -0.39 is 17.7 Å². The molecule has 1 amide bonds. The molecule has 1 aromatic heterocycles. The molecule has 3 aromatic carbocycles. The van der Waals surface area contributed by atoms with Gasteiger partial charge in [-0.05, 0) is 49.2 Å². The van der Waals surface area contributed by atoms with Gasteiger partial charge in [-0.25, -0.2) is 0 Å². The fourth-order valence-corrected chi connectivity index (χ4v) is 6.90. The second-order valence-electron chi connectivity index (χ2n) is 9.25. The van der Waals surface area contributed by atoms with E-state index in [1.807, 2.05) is 32.0 Å². The first kappa shape index (κ1) is 29.9. The fraction of sp³-hybridized carbons (Fsp3) is 0.200. The molecule has 1 unspecified atom stereocenters. The Morgan fingerprint density at radius 1 is 1.05 bits per heavy atom. The van der Waals surface area contributed by atoms with Gasteiger partial charge in [0.25, 0.3) is 5.78 Å². The zero-order valence-electron chi connectivity index (χ0n) is 22.8. The second-order valence-corrected chi connectivity index (χ2v) is 12.3. The Kier molecular flexibility index (Phi) is 9.08. The fourth-order valence-electron chi connectivity index (χ4n) is 4.48. The highest BCUT2D eigenvalue weighted by Crippen LogP contribution is 2.45. The Hall–Kier alpha value is -3.57. The minimum Gasteiger partial charge on any atom is -0.507 e. The quantitative estimate of drug-likeness (QED) is 0.0660. The molecule has 1 saturated heterocycles. The van der Waals surface area contributed by atoms with Crippen LogP contribution in [-0.4, -0.2) is 40.7 Å². The first-order chi connectivity index (χ1) is 20.2. The van der Waals surface area contributed by atoms with E-state index >= 15 is 0 Å². The number of ketones is 1. The molecule has 12 heteroatoms. The third-order valence-electron chi connectivity index (χ3n) is 6.54. The summed E-state index contributed by atoms with van der Waals surface area (Å²) in [6.45, 7) is 4.20. The van der Waals surface area contributed by atoms with Crippen molar-refractivity contribution in [1.29, 1.82) is 0 Å². The molecule has 8 nitrogen and oxygen atoms in total. The van der Waals surface area contributed by atoms with Crippen LogP contribution in [0.5, 0.6) is 11.5 Å². The number of hydrogen-bond donors (Lipinski definition) is 1. The van der Waals surface area contributed by atoms with Gasteiger partial charge in [-0.2, -0.15) is 0 Å². The van der Waals surface area contributed by atoms with Crippen LogP contribution in [0.4, 0.5) is 5.13 Å². The van der Waals surface area contributed by atoms with E-state index in [9.17, 15) is 14.7 Å². The van der Waals surface area contributed by atoms with Gasteiger partial charge in [-0.1, -0.05) is 88.3 Å². The average Bonchev–Trinajstić information content (AvgIpc) is 3.54. The summed E-state index contributed by atoms with van der Waals surface area (Å²) in [6.07, 6.45) is 0. The lowest BCUT2D eigenvalue weighted by Gasteiger charge is -2.23. The van der Waals surface area contributed by atoms with Crippen LogP contribution in [0, 0.1) is 6.92 Å². The summed E-state index contributed by atoms with van der Waals surface area (Å²) in [6, 6.07) is 16.5.